The van der Waals surface area contributed by atoms with Crippen molar-refractivity contribution in [2.45, 2.75) is 50.7 Å². The van der Waals surface area contributed by atoms with E-state index in [9.17, 15) is 18.0 Å². The fraction of sp³-hybridized carbons (Fsp3) is 0.500. The lowest BCUT2D eigenvalue weighted by Crippen LogP contribution is -2.46. The zero-order valence-electron chi connectivity index (χ0n) is 14.6. The lowest BCUT2D eigenvalue weighted by atomic mass is 10.1. The van der Waals surface area contributed by atoms with Crippen molar-refractivity contribution in [1.82, 2.24) is 10.0 Å². The Hall–Kier alpha value is -1.64. The van der Waals surface area contributed by atoms with E-state index < -0.39 is 33.5 Å². The van der Waals surface area contributed by atoms with Crippen molar-refractivity contribution in [2.75, 3.05) is 6.54 Å². The minimum Gasteiger partial charge on any atom is -0.453 e. The molecule has 0 saturated carbocycles. The molecule has 25 heavy (non-hydrogen) atoms. The topological polar surface area (TPSA) is 102 Å². The predicted octanol–water partition coefficient (Wildman–Crippen LogP) is 1.85. The summed E-state index contributed by atoms with van der Waals surface area (Å²) in [4.78, 5) is 23.6. The average Bonchev–Trinajstić information content (AvgIpc) is 2.45. The minimum atomic E-state index is -3.74. The quantitative estimate of drug-likeness (QED) is 0.692. The van der Waals surface area contributed by atoms with E-state index >= 15 is 0 Å². The summed E-state index contributed by atoms with van der Waals surface area (Å²) in [6.07, 6.45) is -1.15. The molecule has 9 heteroatoms. The monoisotopic (exact) mass is 390 g/mol. The van der Waals surface area contributed by atoms with E-state index in [-0.39, 0.29) is 17.9 Å². The van der Waals surface area contributed by atoms with Crippen LogP contribution in [0.1, 0.15) is 34.1 Å². The molecular weight excluding hydrogens is 368 g/mol. The van der Waals surface area contributed by atoms with Crippen LogP contribution in [0.25, 0.3) is 0 Å². The summed E-state index contributed by atoms with van der Waals surface area (Å²) in [5.41, 5.74) is -0.439. The first-order chi connectivity index (χ1) is 11.4. The smallest absolute Gasteiger partial charge is 0.307 e. The largest absolute Gasteiger partial charge is 0.453 e. The predicted molar refractivity (Wildman–Crippen MR) is 94.7 cm³/mol. The first-order valence-electron chi connectivity index (χ1n) is 7.67. The van der Waals surface area contributed by atoms with Crippen molar-refractivity contribution in [2.24, 2.45) is 0 Å². The Balaban J connectivity index is 2.46. The fourth-order valence-electron chi connectivity index (χ4n) is 1.77. The maximum atomic E-state index is 12.0. The Kier molecular flexibility index (Phi) is 7.40. The van der Waals surface area contributed by atoms with Gasteiger partial charge >= 0.3 is 5.97 Å². The molecule has 0 aliphatic carbocycles. The van der Waals surface area contributed by atoms with Gasteiger partial charge in [-0.05, 0) is 52.0 Å². The van der Waals surface area contributed by atoms with Gasteiger partial charge in [-0.2, -0.15) is 0 Å². The van der Waals surface area contributed by atoms with Crippen LogP contribution in [-0.2, 0) is 24.3 Å². The van der Waals surface area contributed by atoms with Gasteiger partial charge in [0.15, 0.2) is 6.10 Å². The van der Waals surface area contributed by atoms with E-state index in [1.807, 2.05) is 20.8 Å². The summed E-state index contributed by atoms with van der Waals surface area (Å²) < 4.78 is 31.4. The highest BCUT2D eigenvalue weighted by atomic mass is 35.5. The van der Waals surface area contributed by atoms with Gasteiger partial charge in [0, 0.05) is 17.1 Å². The molecule has 1 amide bonds. The van der Waals surface area contributed by atoms with Gasteiger partial charge in [-0.25, -0.2) is 13.1 Å². The summed E-state index contributed by atoms with van der Waals surface area (Å²) in [6.45, 7) is 6.75. The van der Waals surface area contributed by atoms with Crippen LogP contribution in [0.3, 0.4) is 0 Å². The molecule has 0 unspecified atom stereocenters. The number of sulfonamides is 1. The Morgan fingerprint density at radius 1 is 1.20 bits per heavy atom. The number of amides is 1. The summed E-state index contributed by atoms with van der Waals surface area (Å²) in [6, 6.07) is 5.64. The van der Waals surface area contributed by atoms with Crippen LogP contribution in [0.5, 0.6) is 0 Å². The second-order valence-corrected chi connectivity index (χ2v) is 8.68. The molecule has 0 aliphatic heterocycles. The Bertz CT molecular complexity index is 711. The molecule has 1 aromatic rings. The number of halogens is 1. The van der Waals surface area contributed by atoms with Crippen molar-refractivity contribution in [3.05, 3.63) is 29.3 Å². The number of esters is 1. The Labute approximate surface area is 153 Å². The van der Waals surface area contributed by atoms with Crippen molar-refractivity contribution < 1.29 is 22.7 Å². The molecule has 0 spiro atoms. The zero-order chi connectivity index (χ0) is 19.3. The first-order valence-corrected chi connectivity index (χ1v) is 9.53. The highest BCUT2D eigenvalue weighted by Gasteiger charge is 2.22. The maximum absolute atomic E-state index is 12.0. The minimum absolute atomic E-state index is 0.0446. The second kappa shape index (κ2) is 8.64. The standard InChI is InChI=1S/C16H23ClN2O5S/c1-11(15(21)19-16(2,3)4)24-14(20)9-10-18-25(22,23)13-7-5-12(17)6-8-13/h5-8,11,18H,9-10H2,1-4H3,(H,19,21)/t11-/m0/s1. The van der Waals surface area contributed by atoms with E-state index in [1.54, 1.807) is 0 Å². The number of nitrogens with one attached hydrogen (secondary N) is 2. The van der Waals surface area contributed by atoms with Gasteiger partial charge < -0.3 is 10.1 Å². The molecule has 1 atom stereocenters. The van der Waals surface area contributed by atoms with E-state index in [0.29, 0.717) is 5.02 Å². The van der Waals surface area contributed by atoms with Crippen LogP contribution in [0, 0.1) is 0 Å². The van der Waals surface area contributed by atoms with Crippen LogP contribution in [0.2, 0.25) is 5.02 Å². The normalized spacial score (nSPS) is 13.2. The van der Waals surface area contributed by atoms with E-state index in [4.69, 9.17) is 16.3 Å². The number of benzene rings is 1. The van der Waals surface area contributed by atoms with Crippen molar-refractivity contribution in [1.29, 1.82) is 0 Å². The molecule has 0 fully saturated rings. The summed E-state index contributed by atoms with van der Waals surface area (Å²) in [7, 11) is -3.74. The van der Waals surface area contributed by atoms with Crippen molar-refractivity contribution in [3.8, 4) is 0 Å². The van der Waals surface area contributed by atoms with Crippen LogP contribution < -0.4 is 10.0 Å². The van der Waals surface area contributed by atoms with Gasteiger partial charge in [-0.1, -0.05) is 11.6 Å². The third kappa shape index (κ3) is 7.85. The molecule has 7 nitrogen and oxygen atoms in total. The zero-order valence-corrected chi connectivity index (χ0v) is 16.2. The molecule has 0 aliphatic rings. The SMILES string of the molecule is C[C@H](OC(=O)CCNS(=O)(=O)c1ccc(Cl)cc1)C(=O)NC(C)(C)C. The number of hydrogen-bond acceptors (Lipinski definition) is 5. The third-order valence-corrected chi connectivity index (χ3v) is 4.65. The van der Waals surface area contributed by atoms with Gasteiger partial charge in [0.1, 0.15) is 0 Å². The summed E-state index contributed by atoms with van der Waals surface area (Å²) in [5, 5.41) is 3.11. The molecule has 1 rings (SSSR count). The second-order valence-electron chi connectivity index (χ2n) is 6.47. The third-order valence-electron chi connectivity index (χ3n) is 2.92. The van der Waals surface area contributed by atoms with Gasteiger partial charge in [0.25, 0.3) is 5.91 Å². The highest BCUT2D eigenvalue weighted by Crippen LogP contribution is 2.13. The van der Waals surface area contributed by atoms with E-state index in [2.05, 4.69) is 10.0 Å². The fourth-order valence-corrected chi connectivity index (χ4v) is 2.92. The number of ether oxygens (including phenoxy) is 1. The summed E-state index contributed by atoms with van der Waals surface area (Å²) in [5.74, 6) is -1.09. The summed E-state index contributed by atoms with van der Waals surface area (Å²) >= 11 is 5.71. The number of hydrogen-bond donors (Lipinski definition) is 2. The number of carbonyl (C=O) groups is 2. The number of rotatable bonds is 7. The molecule has 0 heterocycles. The molecule has 0 aromatic heterocycles. The van der Waals surface area contributed by atoms with Gasteiger partial charge in [0.05, 0.1) is 11.3 Å². The van der Waals surface area contributed by atoms with Gasteiger partial charge in [-0.15, -0.1) is 0 Å². The molecule has 0 radical (unpaired) electrons. The highest BCUT2D eigenvalue weighted by molar-refractivity contribution is 7.89. The molecule has 140 valence electrons. The van der Waals surface area contributed by atoms with Crippen LogP contribution in [-0.4, -0.2) is 38.5 Å². The first kappa shape index (κ1) is 21.4. The van der Waals surface area contributed by atoms with Crippen molar-refractivity contribution >= 4 is 33.5 Å². The van der Waals surface area contributed by atoms with Crippen LogP contribution >= 0.6 is 11.6 Å². The maximum Gasteiger partial charge on any atom is 0.307 e. The Morgan fingerprint density at radius 2 is 1.76 bits per heavy atom. The van der Waals surface area contributed by atoms with E-state index in [1.165, 1.54) is 31.2 Å². The lowest BCUT2D eigenvalue weighted by Gasteiger charge is -2.23. The van der Waals surface area contributed by atoms with Crippen LogP contribution in [0.4, 0.5) is 0 Å². The van der Waals surface area contributed by atoms with Crippen LogP contribution in [0.15, 0.2) is 29.2 Å². The Morgan fingerprint density at radius 3 is 2.28 bits per heavy atom. The molecule has 0 bridgehead atoms. The average molecular weight is 391 g/mol. The van der Waals surface area contributed by atoms with Gasteiger partial charge in [-0.3, -0.25) is 9.59 Å². The van der Waals surface area contributed by atoms with Crippen molar-refractivity contribution in [3.63, 3.8) is 0 Å². The molecule has 1 aromatic carbocycles. The van der Waals surface area contributed by atoms with Gasteiger partial charge in [0.2, 0.25) is 10.0 Å². The molecule has 0 saturated heterocycles. The lowest BCUT2D eigenvalue weighted by molar-refractivity contribution is -0.155. The molecule has 2 N–H and O–H groups in total. The van der Waals surface area contributed by atoms with E-state index in [0.717, 1.165) is 0 Å². The molecular formula is C16H23ClN2O5S. The number of carbonyl (C=O) groups excluding carboxylic acids is 2.